The zero-order chi connectivity index (χ0) is 20.1. The van der Waals surface area contributed by atoms with Gasteiger partial charge in [-0.15, -0.1) is 0 Å². The summed E-state index contributed by atoms with van der Waals surface area (Å²) in [4.78, 5) is 40.1. The van der Waals surface area contributed by atoms with Crippen LogP contribution >= 0.6 is 0 Å². The molecular weight excluding hydrogens is 353 g/mol. The Balaban J connectivity index is 0.000000614. The molecule has 1 saturated heterocycles. The number of benzene rings is 1. The fourth-order valence-corrected chi connectivity index (χ4v) is 3.46. The van der Waals surface area contributed by atoms with Crippen LogP contribution in [0.3, 0.4) is 0 Å². The summed E-state index contributed by atoms with van der Waals surface area (Å²) in [6.07, 6.45) is 4.06. The SMILES string of the molecule is CC.CO.O=Cc1c(N2CCCC2)c(F)cc2c(=O)[nH]c(=O)n(C3CC3)c12. The van der Waals surface area contributed by atoms with Crippen molar-refractivity contribution in [2.75, 3.05) is 25.1 Å². The summed E-state index contributed by atoms with van der Waals surface area (Å²) in [5, 5.41) is 7.05. The molecule has 0 amide bonds. The molecule has 148 valence electrons. The number of hydrogen-bond donors (Lipinski definition) is 2. The van der Waals surface area contributed by atoms with Crippen LogP contribution in [-0.4, -0.2) is 41.1 Å². The highest BCUT2D eigenvalue weighted by atomic mass is 19.1. The van der Waals surface area contributed by atoms with E-state index in [1.807, 2.05) is 18.7 Å². The molecule has 2 N–H and O–H groups in total. The minimum absolute atomic E-state index is 0.0301. The Morgan fingerprint density at radius 1 is 1.19 bits per heavy atom. The summed E-state index contributed by atoms with van der Waals surface area (Å²) in [5.41, 5.74) is -0.607. The van der Waals surface area contributed by atoms with Crippen molar-refractivity contribution >= 4 is 22.9 Å². The summed E-state index contributed by atoms with van der Waals surface area (Å²) in [5.74, 6) is -0.590. The van der Waals surface area contributed by atoms with Crippen molar-refractivity contribution in [3.63, 3.8) is 0 Å². The first-order valence-electron chi connectivity index (χ1n) is 9.27. The minimum atomic E-state index is -0.656. The predicted octanol–water partition coefficient (Wildman–Crippen LogP) is 2.21. The number of aromatic nitrogens is 2. The zero-order valence-electron chi connectivity index (χ0n) is 15.9. The first-order chi connectivity index (χ1) is 13.1. The Morgan fingerprint density at radius 2 is 1.78 bits per heavy atom. The molecule has 2 fully saturated rings. The monoisotopic (exact) mass is 379 g/mol. The maximum atomic E-state index is 14.6. The van der Waals surface area contributed by atoms with Crippen LogP contribution in [0.1, 0.15) is 55.9 Å². The number of nitrogens with one attached hydrogen (secondary N) is 1. The first-order valence-corrected chi connectivity index (χ1v) is 9.27. The quantitative estimate of drug-likeness (QED) is 0.798. The van der Waals surface area contributed by atoms with Crippen LogP contribution in [0.2, 0.25) is 0 Å². The number of nitrogens with zero attached hydrogens (tertiary/aromatic N) is 2. The van der Waals surface area contributed by atoms with Crippen LogP contribution < -0.4 is 16.1 Å². The number of anilines is 1. The molecule has 8 heteroatoms. The minimum Gasteiger partial charge on any atom is -0.400 e. The number of carbonyl (C=O) groups is 1. The number of aliphatic hydroxyl groups is 1. The maximum absolute atomic E-state index is 14.6. The molecule has 0 bridgehead atoms. The van der Waals surface area contributed by atoms with Crippen LogP contribution in [0.4, 0.5) is 10.1 Å². The molecule has 0 spiro atoms. The molecule has 1 saturated carbocycles. The van der Waals surface area contributed by atoms with Gasteiger partial charge in [0.2, 0.25) is 0 Å². The predicted molar refractivity (Wildman–Crippen MR) is 103 cm³/mol. The smallest absolute Gasteiger partial charge is 0.329 e. The molecule has 1 aliphatic heterocycles. The van der Waals surface area contributed by atoms with Crippen molar-refractivity contribution in [3.05, 3.63) is 38.3 Å². The van der Waals surface area contributed by atoms with Crippen molar-refractivity contribution in [1.29, 1.82) is 0 Å². The standard InChI is InChI=1S/C16H16FN3O3.C2H6.CH4O/c17-12-7-10-13(11(8-21)14(12)19-5-1-2-6-19)20(9-3-4-9)16(23)18-15(10)22;2*1-2/h7-9H,1-6H2,(H,18,22,23);1-2H3;2H,1H3. The average Bonchev–Trinajstić information content (AvgIpc) is 3.38. The Morgan fingerprint density at radius 3 is 2.30 bits per heavy atom. The number of aliphatic hydroxyl groups excluding tert-OH is 1. The lowest BCUT2D eigenvalue weighted by molar-refractivity contribution is 0.112. The van der Waals surface area contributed by atoms with Gasteiger partial charge in [0.05, 0.1) is 22.2 Å². The molecule has 7 nitrogen and oxygen atoms in total. The molecule has 1 aromatic carbocycles. The molecule has 0 unspecified atom stereocenters. The fourth-order valence-electron chi connectivity index (χ4n) is 3.46. The first kappa shape index (κ1) is 20.8. The molecule has 4 rings (SSSR count). The second-order valence-electron chi connectivity index (χ2n) is 6.19. The van der Waals surface area contributed by atoms with Crippen molar-refractivity contribution in [3.8, 4) is 0 Å². The number of fused-ring (bicyclic) bond motifs is 1. The molecular formula is C19H26FN3O4. The molecule has 1 aromatic heterocycles. The molecule has 2 aliphatic rings. The summed E-state index contributed by atoms with van der Waals surface area (Å²) < 4.78 is 16.1. The van der Waals surface area contributed by atoms with E-state index in [4.69, 9.17) is 5.11 Å². The van der Waals surface area contributed by atoms with E-state index in [0.717, 1.165) is 38.9 Å². The van der Waals surface area contributed by atoms with Crippen LogP contribution in [-0.2, 0) is 0 Å². The second kappa shape index (κ2) is 8.94. The van der Waals surface area contributed by atoms with Gasteiger partial charge in [-0.05, 0) is 31.7 Å². The highest BCUT2D eigenvalue weighted by molar-refractivity contribution is 6.02. The highest BCUT2D eigenvalue weighted by Crippen LogP contribution is 2.38. The summed E-state index contributed by atoms with van der Waals surface area (Å²) >= 11 is 0. The molecule has 0 radical (unpaired) electrons. The van der Waals surface area contributed by atoms with Crippen molar-refractivity contribution in [2.45, 2.75) is 45.6 Å². The number of rotatable bonds is 3. The van der Waals surface area contributed by atoms with E-state index in [1.54, 1.807) is 0 Å². The van der Waals surface area contributed by atoms with E-state index in [1.165, 1.54) is 4.57 Å². The fraction of sp³-hybridized carbons (Fsp3) is 0.526. The Kier molecular flexibility index (Phi) is 6.90. The van der Waals surface area contributed by atoms with Gasteiger partial charge in [0.1, 0.15) is 5.82 Å². The lowest BCUT2D eigenvalue weighted by atomic mass is 10.1. The molecule has 27 heavy (non-hydrogen) atoms. The number of hydrogen-bond acceptors (Lipinski definition) is 5. The third kappa shape index (κ3) is 3.80. The lowest BCUT2D eigenvalue weighted by Crippen LogP contribution is -2.31. The molecule has 0 atom stereocenters. The maximum Gasteiger partial charge on any atom is 0.329 e. The topological polar surface area (TPSA) is 95.4 Å². The number of carbonyl (C=O) groups excluding carboxylic acids is 1. The van der Waals surface area contributed by atoms with E-state index in [0.29, 0.717) is 19.4 Å². The van der Waals surface area contributed by atoms with Crippen LogP contribution in [0.15, 0.2) is 15.7 Å². The van der Waals surface area contributed by atoms with Crippen LogP contribution in [0.5, 0.6) is 0 Å². The summed E-state index contributed by atoms with van der Waals surface area (Å²) in [6, 6.07) is 1.12. The van der Waals surface area contributed by atoms with Gasteiger partial charge in [0.15, 0.2) is 6.29 Å². The van der Waals surface area contributed by atoms with Gasteiger partial charge in [-0.1, -0.05) is 13.8 Å². The lowest BCUT2D eigenvalue weighted by Gasteiger charge is -2.22. The van der Waals surface area contributed by atoms with Gasteiger partial charge >= 0.3 is 5.69 Å². The molecule has 2 aromatic rings. The molecule has 2 heterocycles. The van der Waals surface area contributed by atoms with Gasteiger partial charge in [0, 0.05) is 26.2 Å². The van der Waals surface area contributed by atoms with Crippen molar-refractivity contribution in [2.24, 2.45) is 0 Å². The number of aldehydes is 1. The van der Waals surface area contributed by atoms with E-state index < -0.39 is 17.1 Å². The van der Waals surface area contributed by atoms with Gasteiger partial charge in [-0.25, -0.2) is 9.18 Å². The Hall–Kier alpha value is -2.48. The molecule has 1 aliphatic carbocycles. The van der Waals surface area contributed by atoms with Gasteiger partial charge < -0.3 is 10.0 Å². The van der Waals surface area contributed by atoms with Gasteiger partial charge in [0.25, 0.3) is 5.56 Å². The summed E-state index contributed by atoms with van der Waals surface area (Å²) in [6.45, 7) is 5.33. The zero-order valence-corrected chi connectivity index (χ0v) is 15.9. The van der Waals surface area contributed by atoms with E-state index >= 15 is 0 Å². The Bertz CT molecular complexity index is 925. The number of aromatic amines is 1. The summed E-state index contributed by atoms with van der Waals surface area (Å²) in [7, 11) is 1.00. The van der Waals surface area contributed by atoms with Crippen LogP contribution in [0, 0.1) is 5.82 Å². The number of halogens is 1. The van der Waals surface area contributed by atoms with Crippen molar-refractivity contribution < 1.29 is 14.3 Å². The highest BCUT2D eigenvalue weighted by Gasteiger charge is 2.31. The average molecular weight is 379 g/mol. The third-order valence-electron chi connectivity index (χ3n) is 4.64. The Labute approximate surface area is 156 Å². The van der Waals surface area contributed by atoms with E-state index in [-0.39, 0.29) is 28.2 Å². The van der Waals surface area contributed by atoms with E-state index in [2.05, 4.69) is 4.98 Å². The van der Waals surface area contributed by atoms with Gasteiger partial charge in [-0.2, -0.15) is 0 Å². The van der Waals surface area contributed by atoms with Gasteiger partial charge in [-0.3, -0.25) is 19.1 Å². The van der Waals surface area contributed by atoms with Crippen LogP contribution in [0.25, 0.3) is 10.9 Å². The third-order valence-corrected chi connectivity index (χ3v) is 4.64. The normalized spacial score (nSPS) is 15.7. The largest absolute Gasteiger partial charge is 0.400 e. The second-order valence-corrected chi connectivity index (χ2v) is 6.19. The van der Waals surface area contributed by atoms with E-state index in [9.17, 15) is 18.8 Å². The van der Waals surface area contributed by atoms with Crippen molar-refractivity contribution in [1.82, 2.24) is 9.55 Å². The number of H-pyrrole nitrogens is 1.